The van der Waals surface area contributed by atoms with Crippen molar-refractivity contribution in [1.29, 1.82) is 0 Å². The number of anilines is 2. The average Bonchev–Trinajstić information content (AvgIpc) is 2.99. The van der Waals surface area contributed by atoms with Gasteiger partial charge in [0.2, 0.25) is 11.8 Å². The van der Waals surface area contributed by atoms with Crippen LogP contribution in [0.1, 0.15) is 12.6 Å². The molecular weight excluding hydrogens is 366 g/mol. The Balaban J connectivity index is 1.65. The molecule has 3 aromatic rings. The molecule has 9 heteroatoms. The third-order valence-electron chi connectivity index (χ3n) is 3.77. The third kappa shape index (κ3) is 4.37. The van der Waals surface area contributed by atoms with Gasteiger partial charge in [0.15, 0.2) is 5.16 Å². The molecule has 0 saturated heterocycles. The number of aromatic nitrogens is 3. The van der Waals surface area contributed by atoms with Crippen LogP contribution in [0.5, 0.6) is 0 Å². The Bertz CT molecular complexity index is 1070. The summed E-state index contributed by atoms with van der Waals surface area (Å²) < 4.78 is 1.43. The molecular formula is C18H19N5O3S. The first-order chi connectivity index (χ1) is 12.8. The normalized spacial score (nSPS) is 10.8. The summed E-state index contributed by atoms with van der Waals surface area (Å²) in [4.78, 5) is 43.0. The van der Waals surface area contributed by atoms with Gasteiger partial charge >= 0.3 is 0 Å². The van der Waals surface area contributed by atoms with E-state index in [0.29, 0.717) is 27.6 Å². The van der Waals surface area contributed by atoms with E-state index in [1.165, 1.54) is 23.3 Å². The standard InChI is InChI=1S/C18H19N5O3S/c1-10-8-14-16(19-10)17(26)23(3)18(22-14)27-9-15(25)21-13-6-4-12(5-7-13)20-11(2)24/h4-8,19H,9H2,1-3H3,(H,20,24)(H,21,25). The molecule has 2 aromatic heterocycles. The quantitative estimate of drug-likeness (QED) is 0.461. The first kappa shape index (κ1) is 18.7. The van der Waals surface area contributed by atoms with Crippen LogP contribution in [-0.4, -0.2) is 32.1 Å². The second-order valence-corrected chi connectivity index (χ2v) is 7.01. The van der Waals surface area contributed by atoms with Crippen LogP contribution in [0.2, 0.25) is 0 Å². The summed E-state index contributed by atoms with van der Waals surface area (Å²) in [5.74, 6) is -0.259. The highest BCUT2D eigenvalue weighted by Crippen LogP contribution is 2.18. The summed E-state index contributed by atoms with van der Waals surface area (Å²) in [6, 6.07) is 8.62. The van der Waals surface area contributed by atoms with Crippen molar-refractivity contribution >= 4 is 46.0 Å². The van der Waals surface area contributed by atoms with E-state index in [1.807, 2.05) is 6.92 Å². The average molecular weight is 385 g/mol. The SMILES string of the molecule is CC(=O)Nc1ccc(NC(=O)CSc2nc3cc(C)[nH]c3c(=O)n2C)cc1. The fourth-order valence-electron chi connectivity index (χ4n) is 2.55. The summed E-state index contributed by atoms with van der Waals surface area (Å²) in [6.07, 6.45) is 0. The van der Waals surface area contributed by atoms with E-state index >= 15 is 0 Å². The van der Waals surface area contributed by atoms with Gasteiger partial charge in [0.25, 0.3) is 5.56 Å². The molecule has 0 aliphatic carbocycles. The minimum atomic E-state index is -0.216. The molecule has 2 amide bonds. The summed E-state index contributed by atoms with van der Waals surface area (Å²) in [7, 11) is 1.63. The van der Waals surface area contributed by atoms with Gasteiger partial charge in [-0.1, -0.05) is 11.8 Å². The lowest BCUT2D eigenvalue weighted by Gasteiger charge is -2.08. The van der Waals surface area contributed by atoms with Crippen molar-refractivity contribution in [2.45, 2.75) is 19.0 Å². The highest BCUT2D eigenvalue weighted by Gasteiger charge is 2.12. The first-order valence-corrected chi connectivity index (χ1v) is 9.18. The van der Waals surface area contributed by atoms with Gasteiger partial charge in [0.05, 0.1) is 11.3 Å². The van der Waals surface area contributed by atoms with E-state index in [0.717, 1.165) is 5.69 Å². The van der Waals surface area contributed by atoms with E-state index in [1.54, 1.807) is 37.4 Å². The summed E-state index contributed by atoms with van der Waals surface area (Å²) in [5.41, 5.74) is 3.01. The number of aromatic amines is 1. The Kier molecular flexibility index (Phi) is 5.31. The molecule has 0 radical (unpaired) electrons. The zero-order valence-corrected chi connectivity index (χ0v) is 15.9. The fourth-order valence-corrected chi connectivity index (χ4v) is 3.33. The van der Waals surface area contributed by atoms with Crippen molar-refractivity contribution < 1.29 is 9.59 Å². The van der Waals surface area contributed by atoms with Crippen LogP contribution in [0.15, 0.2) is 40.3 Å². The molecule has 0 bridgehead atoms. The molecule has 8 nitrogen and oxygen atoms in total. The Hall–Kier alpha value is -3.07. The van der Waals surface area contributed by atoms with E-state index in [-0.39, 0.29) is 23.1 Å². The zero-order chi connectivity index (χ0) is 19.6. The van der Waals surface area contributed by atoms with Crippen LogP contribution in [0.25, 0.3) is 11.0 Å². The van der Waals surface area contributed by atoms with Gasteiger partial charge in [-0.05, 0) is 37.3 Å². The smallest absolute Gasteiger partial charge is 0.278 e. The van der Waals surface area contributed by atoms with Crippen LogP contribution in [0.3, 0.4) is 0 Å². The van der Waals surface area contributed by atoms with Gasteiger partial charge < -0.3 is 15.6 Å². The Morgan fingerprint density at radius 2 is 1.81 bits per heavy atom. The van der Waals surface area contributed by atoms with Crippen molar-refractivity contribution in [3.05, 3.63) is 46.4 Å². The lowest BCUT2D eigenvalue weighted by atomic mass is 10.3. The lowest BCUT2D eigenvalue weighted by Crippen LogP contribution is -2.21. The van der Waals surface area contributed by atoms with E-state index in [2.05, 4.69) is 20.6 Å². The van der Waals surface area contributed by atoms with Crippen LogP contribution in [0, 0.1) is 6.92 Å². The number of carbonyl (C=O) groups is 2. The largest absolute Gasteiger partial charge is 0.353 e. The van der Waals surface area contributed by atoms with Gasteiger partial charge in [-0.15, -0.1) is 0 Å². The molecule has 27 heavy (non-hydrogen) atoms. The Morgan fingerprint density at radius 3 is 2.44 bits per heavy atom. The van der Waals surface area contributed by atoms with E-state index in [9.17, 15) is 14.4 Å². The number of nitrogens with one attached hydrogen (secondary N) is 3. The highest BCUT2D eigenvalue weighted by molar-refractivity contribution is 7.99. The number of fused-ring (bicyclic) bond motifs is 1. The van der Waals surface area contributed by atoms with Gasteiger partial charge in [-0.3, -0.25) is 19.0 Å². The summed E-state index contributed by atoms with van der Waals surface area (Å²) in [6.45, 7) is 3.29. The van der Waals surface area contributed by atoms with Crippen LogP contribution in [0.4, 0.5) is 11.4 Å². The molecule has 0 aliphatic rings. The van der Waals surface area contributed by atoms with Crippen molar-refractivity contribution in [3.8, 4) is 0 Å². The number of rotatable bonds is 5. The summed E-state index contributed by atoms with van der Waals surface area (Å²) in [5, 5.41) is 5.91. The Morgan fingerprint density at radius 1 is 1.19 bits per heavy atom. The predicted molar refractivity (Wildman–Crippen MR) is 106 cm³/mol. The number of thioether (sulfide) groups is 1. The number of H-pyrrole nitrogens is 1. The molecule has 0 spiro atoms. The number of carbonyl (C=O) groups excluding carboxylic acids is 2. The van der Waals surface area contributed by atoms with Crippen LogP contribution < -0.4 is 16.2 Å². The summed E-state index contributed by atoms with van der Waals surface area (Å²) >= 11 is 1.19. The molecule has 0 aliphatic heterocycles. The molecule has 140 valence electrons. The second-order valence-electron chi connectivity index (χ2n) is 6.07. The molecule has 0 saturated carbocycles. The minimum absolute atomic E-state index is 0.114. The number of nitrogens with zero attached hydrogens (tertiary/aromatic N) is 2. The second kappa shape index (κ2) is 7.67. The van der Waals surface area contributed by atoms with Crippen molar-refractivity contribution in [2.24, 2.45) is 7.05 Å². The van der Waals surface area contributed by atoms with Gasteiger partial charge in [-0.2, -0.15) is 0 Å². The predicted octanol–water partition coefficient (Wildman–Crippen LogP) is 2.26. The topological polar surface area (TPSA) is 109 Å². The maximum atomic E-state index is 12.4. The number of benzene rings is 1. The van der Waals surface area contributed by atoms with E-state index in [4.69, 9.17) is 0 Å². The maximum absolute atomic E-state index is 12.4. The number of aryl methyl sites for hydroxylation is 1. The molecule has 3 N–H and O–H groups in total. The van der Waals surface area contributed by atoms with E-state index < -0.39 is 0 Å². The van der Waals surface area contributed by atoms with Gasteiger partial charge in [0, 0.05) is 31.0 Å². The third-order valence-corrected chi connectivity index (χ3v) is 4.80. The van der Waals surface area contributed by atoms with Crippen molar-refractivity contribution in [3.63, 3.8) is 0 Å². The molecule has 0 atom stereocenters. The van der Waals surface area contributed by atoms with Gasteiger partial charge in [-0.25, -0.2) is 4.98 Å². The molecule has 2 heterocycles. The lowest BCUT2D eigenvalue weighted by molar-refractivity contribution is -0.114. The monoisotopic (exact) mass is 385 g/mol. The highest BCUT2D eigenvalue weighted by atomic mass is 32.2. The number of amides is 2. The number of hydrogen-bond acceptors (Lipinski definition) is 5. The molecule has 0 unspecified atom stereocenters. The van der Waals surface area contributed by atoms with Crippen LogP contribution in [-0.2, 0) is 16.6 Å². The molecule has 1 aromatic carbocycles. The van der Waals surface area contributed by atoms with Crippen molar-refractivity contribution in [2.75, 3.05) is 16.4 Å². The number of hydrogen-bond donors (Lipinski definition) is 3. The first-order valence-electron chi connectivity index (χ1n) is 8.20. The molecule has 3 rings (SSSR count). The zero-order valence-electron chi connectivity index (χ0n) is 15.1. The van der Waals surface area contributed by atoms with Crippen molar-refractivity contribution in [1.82, 2.24) is 14.5 Å². The maximum Gasteiger partial charge on any atom is 0.278 e. The molecule has 0 fully saturated rings. The fraction of sp³-hybridized carbons (Fsp3) is 0.222. The van der Waals surface area contributed by atoms with Crippen LogP contribution >= 0.6 is 11.8 Å². The van der Waals surface area contributed by atoms with Gasteiger partial charge in [0.1, 0.15) is 5.52 Å². The minimum Gasteiger partial charge on any atom is -0.353 e. The Labute approximate surface area is 159 Å².